The summed E-state index contributed by atoms with van der Waals surface area (Å²) in [5.41, 5.74) is 5.11. The van der Waals surface area contributed by atoms with Crippen LogP contribution in [0.3, 0.4) is 0 Å². The number of rotatable bonds is 3. The molecule has 0 spiro atoms. The Balaban J connectivity index is 4.29. The molecule has 0 heterocycles. The molecule has 0 aromatic rings. The van der Waals surface area contributed by atoms with Crippen molar-refractivity contribution >= 4 is 26.5 Å². The molecule has 5 heteroatoms. The van der Waals surface area contributed by atoms with E-state index in [9.17, 15) is 4.79 Å². The molecule has 3 N–H and O–H groups in total. The predicted molar refractivity (Wildman–Crippen MR) is 45.6 cm³/mol. The van der Waals surface area contributed by atoms with Gasteiger partial charge < -0.3 is 10.5 Å². The van der Waals surface area contributed by atoms with E-state index in [1.807, 2.05) is 0 Å². The number of nitrogens with two attached hydrogens (primary N) is 1. The van der Waals surface area contributed by atoms with Gasteiger partial charge in [0, 0.05) is 6.20 Å². The van der Waals surface area contributed by atoms with Crippen LogP contribution in [0.5, 0.6) is 0 Å². The van der Waals surface area contributed by atoms with Crippen LogP contribution < -0.4 is 5.73 Å². The van der Waals surface area contributed by atoms with Crippen LogP contribution in [-0.4, -0.2) is 17.2 Å². The zero-order chi connectivity index (χ0) is 8.85. The molecule has 0 fully saturated rings. The number of ether oxygens (including phenoxy) is 1. The first kappa shape index (κ1) is 10.2. The zero-order valence-corrected chi connectivity index (χ0v) is 7.64. The molecule has 0 aromatic heterocycles. The average molecular weight is 221 g/mol. The van der Waals surface area contributed by atoms with Gasteiger partial charge in [0.2, 0.25) is 0 Å². The van der Waals surface area contributed by atoms with Gasteiger partial charge in [-0.05, 0) is 22.9 Å². The molecule has 0 saturated heterocycles. The zero-order valence-electron chi connectivity index (χ0n) is 6.06. The third kappa shape index (κ3) is 3.18. The fourth-order valence-corrected chi connectivity index (χ4v) is 0.734. The van der Waals surface area contributed by atoms with Gasteiger partial charge >= 0.3 is 5.97 Å². The van der Waals surface area contributed by atoms with Gasteiger partial charge in [-0.3, -0.25) is 5.41 Å². The van der Waals surface area contributed by atoms with E-state index < -0.39 is 5.97 Å². The van der Waals surface area contributed by atoms with Crippen LogP contribution in [0.2, 0.25) is 0 Å². The minimum Gasteiger partial charge on any atom is -0.462 e. The fraction of sp³-hybridized carbons (Fsp3) is 0.333. The van der Waals surface area contributed by atoms with Crippen LogP contribution in [0.4, 0.5) is 0 Å². The summed E-state index contributed by atoms with van der Waals surface area (Å²) in [5.74, 6) is -0.586. The van der Waals surface area contributed by atoms with Gasteiger partial charge in [-0.15, -0.1) is 0 Å². The van der Waals surface area contributed by atoms with E-state index in [1.165, 1.54) is 0 Å². The Morgan fingerprint density at radius 2 is 2.36 bits per heavy atom. The third-order valence-corrected chi connectivity index (χ3v) is 1.33. The van der Waals surface area contributed by atoms with Crippen molar-refractivity contribution < 1.29 is 9.53 Å². The lowest BCUT2D eigenvalue weighted by atomic mass is 10.3. The monoisotopic (exact) mass is 220 g/mol. The number of carbonyl (C=O) groups excluding carboxylic acids is 1. The van der Waals surface area contributed by atoms with Crippen molar-refractivity contribution in [3.8, 4) is 0 Å². The van der Waals surface area contributed by atoms with Crippen molar-refractivity contribution in [2.24, 2.45) is 5.73 Å². The van der Waals surface area contributed by atoms with Gasteiger partial charge in [0.1, 0.15) is 10.2 Å². The maximum absolute atomic E-state index is 10.9. The van der Waals surface area contributed by atoms with Crippen LogP contribution in [0, 0.1) is 5.41 Å². The Hall–Kier alpha value is -0.840. The molecule has 4 nitrogen and oxygen atoms in total. The average Bonchev–Trinajstić information content (AvgIpc) is 1.88. The number of nitrogens with one attached hydrogen (secondary N) is 1. The standard InChI is InChI=1S/C6H9BrN2O2/c1-2-11-6(10)4(3-8)5(7)9/h3,9H,2,8H2,1H3. The summed E-state index contributed by atoms with van der Waals surface area (Å²) in [6, 6.07) is 0. The van der Waals surface area contributed by atoms with Crippen LogP contribution in [0.25, 0.3) is 0 Å². The minimum absolute atomic E-state index is 0.0341. The Labute approximate surface area is 73.0 Å². The maximum Gasteiger partial charge on any atom is 0.342 e. The van der Waals surface area contributed by atoms with Crippen molar-refractivity contribution in [2.75, 3.05) is 6.61 Å². The Morgan fingerprint density at radius 3 is 2.64 bits per heavy atom. The summed E-state index contributed by atoms with van der Waals surface area (Å²) in [4.78, 5) is 10.9. The molecule has 0 bridgehead atoms. The summed E-state index contributed by atoms with van der Waals surface area (Å²) in [7, 11) is 0. The van der Waals surface area contributed by atoms with Crippen molar-refractivity contribution in [3.05, 3.63) is 11.8 Å². The third-order valence-electron chi connectivity index (χ3n) is 0.898. The van der Waals surface area contributed by atoms with Gasteiger partial charge in [0.15, 0.2) is 0 Å². The lowest BCUT2D eigenvalue weighted by molar-refractivity contribution is -0.137. The lowest BCUT2D eigenvalue weighted by Crippen LogP contribution is -2.13. The molecular weight excluding hydrogens is 212 g/mol. The molecule has 0 amide bonds. The van der Waals surface area contributed by atoms with Crippen molar-refractivity contribution in [2.45, 2.75) is 6.92 Å². The van der Waals surface area contributed by atoms with Gasteiger partial charge in [-0.1, -0.05) is 0 Å². The topological polar surface area (TPSA) is 76.2 Å². The molecule has 0 aliphatic carbocycles. The van der Waals surface area contributed by atoms with Gasteiger partial charge in [-0.2, -0.15) is 0 Å². The van der Waals surface area contributed by atoms with E-state index in [-0.39, 0.29) is 16.8 Å². The normalized spacial score (nSPS) is 10.9. The summed E-state index contributed by atoms with van der Waals surface area (Å²) in [6.07, 6.45) is 1.04. The summed E-state index contributed by atoms with van der Waals surface area (Å²) < 4.78 is 4.53. The van der Waals surface area contributed by atoms with Crippen molar-refractivity contribution in [1.29, 1.82) is 5.41 Å². The van der Waals surface area contributed by atoms with E-state index in [0.29, 0.717) is 0 Å². The molecular formula is C6H9BrN2O2. The number of carbonyl (C=O) groups is 1. The first-order valence-corrected chi connectivity index (χ1v) is 3.76. The Morgan fingerprint density at radius 1 is 1.82 bits per heavy atom. The number of hydrogen-bond acceptors (Lipinski definition) is 4. The predicted octanol–water partition coefficient (Wildman–Crippen LogP) is 0.764. The molecule has 0 aliphatic heterocycles. The molecule has 0 saturated carbocycles. The molecule has 0 rings (SSSR count). The number of hydrogen-bond donors (Lipinski definition) is 2. The largest absolute Gasteiger partial charge is 0.462 e. The first-order chi connectivity index (χ1) is 5.13. The molecule has 0 aromatic carbocycles. The molecule has 62 valence electrons. The highest BCUT2D eigenvalue weighted by Gasteiger charge is 2.12. The van der Waals surface area contributed by atoms with Crippen molar-refractivity contribution in [1.82, 2.24) is 0 Å². The van der Waals surface area contributed by atoms with Crippen LogP contribution >= 0.6 is 15.9 Å². The van der Waals surface area contributed by atoms with Gasteiger partial charge in [0.25, 0.3) is 0 Å². The Bertz CT molecular complexity index is 201. The number of halogens is 1. The quantitative estimate of drug-likeness (QED) is 0.419. The maximum atomic E-state index is 10.9. The second-order valence-corrected chi connectivity index (χ2v) is 2.41. The van der Waals surface area contributed by atoms with E-state index in [1.54, 1.807) is 6.92 Å². The van der Waals surface area contributed by atoms with Crippen LogP contribution in [0.15, 0.2) is 11.8 Å². The highest BCUT2D eigenvalue weighted by atomic mass is 79.9. The first-order valence-electron chi connectivity index (χ1n) is 2.97. The number of esters is 1. The van der Waals surface area contributed by atoms with Crippen LogP contribution in [-0.2, 0) is 9.53 Å². The molecule has 0 unspecified atom stereocenters. The molecule has 0 atom stereocenters. The smallest absolute Gasteiger partial charge is 0.342 e. The molecule has 11 heavy (non-hydrogen) atoms. The highest BCUT2D eigenvalue weighted by molar-refractivity contribution is 9.18. The van der Waals surface area contributed by atoms with E-state index in [4.69, 9.17) is 11.1 Å². The second kappa shape index (κ2) is 4.90. The summed E-state index contributed by atoms with van der Waals surface area (Å²) in [6.45, 7) is 1.96. The summed E-state index contributed by atoms with van der Waals surface area (Å²) in [5, 5.41) is 7.03. The van der Waals surface area contributed by atoms with E-state index in [2.05, 4.69) is 20.7 Å². The van der Waals surface area contributed by atoms with E-state index in [0.717, 1.165) is 6.20 Å². The molecule has 0 aliphatic rings. The molecule has 0 radical (unpaired) electrons. The fourth-order valence-electron chi connectivity index (χ4n) is 0.440. The minimum atomic E-state index is -0.586. The van der Waals surface area contributed by atoms with Gasteiger partial charge in [0.05, 0.1) is 6.61 Å². The van der Waals surface area contributed by atoms with E-state index >= 15 is 0 Å². The van der Waals surface area contributed by atoms with Crippen molar-refractivity contribution in [3.63, 3.8) is 0 Å². The SMILES string of the molecule is CCOC(=O)C(=CN)C(=N)Br. The van der Waals surface area contributed by atoms with Crippen LogP contribution in [0.1, 0.15) is 6.92 Å². The summed E-state index contributed by atoms with van der Waals surface area (Å²) >= 11 is 2.81. The van der Waals surface area contributed by atoms with Gasteiger partial charge in [-0.25, -0.2) is 4.79 Å². The highest BCUT2D eigenvalue weighted by Crippen LogP contribution is 2.03. The Kier molecular flexibility index (Phi) is 4.52. The second-order valence-electron chi connectivity index (χ2n) is 1.61. The lowest BCUT2D eigenvalue weighted by Gasteiger charge is -2.01.